The van der Waals surface area contributed by atoms with Crippen LogP contribution in [0.4, 0.5) is 0 Å². The highest BCUT2D eigenvalue weighted by Crippen LogP contribution is 2.65. The summed E-state index contributed by atoms with van der Waals surface area (Å²) in [5.41, 5.74) is 5.87. The quantitative estimate of drug-likeness (QED) is 0.176. The fourth-order valence-electron chi connectivity index (χ4n) is 11.8. The second-order valence-corrected chi connectivity index (χ2v) is 17.5. The number of unbranched alkanes of at least 4 members (excludes halogenated alkanes) is 2. The van der Waals surface area contributed by atoms with E-state index in [9.17, 15) is 14.4 Å². The number of nitrogens with one attached hydrogen (secondary N) is 2. The molecule has 2 saturated carbocycles. The molecule has 7 heteroatoms. The van der Waals surface area contributed by atoms with Crippen LogP contribution in [0.15, 0.2) is 53.1 Å². The molecule has 1 aromatic carbocycles. The molecule has 1 aromatic rings. The summed E-state index contributed by atoms with van der Waals surface area (Å²) in [6, 6.07) is 10.5. The topological polar surface area (TPSA) is 87.7 Å². The van der Waals surface area contributed by atoms with Gasteiger partial charge in [-0.15, -0.1) is 0 Å². The highest BCUT2D eigenvalue weighted by atomic mass is 16.5. The van der Waals surface area contributed by atoms with Crippen LogP contribution in [0.3, 0.4) is 0 Å². The van der Waals surface area contributed by atoms with Crippen molar-refractivity contribution >= 4 is 17.6 Å². The number of piperidine rings is 1. The molecule has 7 nitrogen and oxygen atoms in total. The number of carbonyl (C=O) groups is 3. The molecule has 4 fully saturated rings. The molecule has 0 bridgehead atoms. The second-order valence-electron chi connectivity index (χ2n) is 17.5. The van der Waals surface area contributed by atoms with E-state index in [4.69, 9.17) is 4.74 Å². The first kappa shape index (κ1) is 36.6. The number of hydrogen-bond acceptors (Lipinski definition) is 5. The minimum atomic E-state index is -0.179. The molecule has 278 valence electrons. The number of hydrogen-bond donors (Lipinski definition) is 2. The highest BCUT2D eigenvalue weighted by molar-refractivity contribution is 5.82. The third-order valence-corrected chi connectivity index (χ3v) is 14.6. The molecule has 6 aliphatic rings. The second kappa shape index (κ2) is 15.3. The predicted octanol–water partition coefficient (Wildman–Crippen LogP) is 7.35. The molecule has 2 heterocycles. The third-order valence-electron chi connectivity index (χ3n) is 14.6. The van der Waals surface area contributed by atoms with E-state index in [-0.39, 0.29) is 28.9 Å². The number of ketones is 1. The average Bonchev–Trinajstić information content (AvgIpc) is 3.64. The molecule has 51 heavy (non-hydrogen) atoms. The number of rotatable bonds is 12. The maximum atomic E-state index is 12.8. The monoisotopic (exact) mass is 697 g/mol. The van der Waals surface area contributed by atoms with Gasteiger partial charge in [-0.2, -0.15) is 0 Å². The number of carbonyl (C=O) groups excluding carboxylic acids is 3. The third kappa shape index (κ3) is 7.28. The minimum Gasteiger partial charge on any atom is -0.365 e. The first-order valence-corrected chi connectivity index (χ1v) is 20.5. The maximum absolute atomic E-state index is 12.8. The van der Waals surface area contributed by atoms with Crippen molar-refractivity contribution in [2.24, 2.45) is 35.0 Å². The van der Waals surface area contributed by atoms with Crippen molar-refractivity contribution in [3.8, 4) is 0 Å². The average molecular weight is 698 g/mol. The van der Waals surface area contributed by atoms with Crippen LogP contribution in [-0.4, -0.2) is 66.4 Å². The number of ether oxygens (including phenoxy) is 1. The van der Waals surface area contributed by atoms with Gasteiger partial charge in [-0.3, -0.25) is 19.3 Å². The Morgan fingerprint density at radius 2 is 1.78 bits per heavy atom. The molecule has 1 spiro atoms. The van der Waals surface area contributed by atoms with E-state index in [2.05, 4.69) is 61.4 Å². The Labute approximate surface area is 306 Å². The Morgan fingerprint density at radius 3 is 2.61 bits per heavy atom. The molecule has 2 aliphatic heterocycles. The lowest BCUT2D eigenvalue weighted by Crippen LogP contribution is -2.54. The summed E-state index contributed by atoms with van der Waals surface area (Å²) in [5.74, 6) is 3.68. The van der Waals surface area contributed by atoms with Gasteiger partial charge < -0.3 is 15.4 Å². The van der Waals surface area contributed by atoms with E-state index in [0.717, 1.165) is 70.9 Å². The largest absolute Gasteiger partial charge is 0.365 e. The molecule has 2 amide bonds. The Balaban J connectivity index is 0.881. The van der Waals surface area contributed by atoms with E-state index in [1.54, 1.807) is 11.1 Å². The summed E-state index contributed by atoms with van der Waals surface area (Å²) in [5, 5.41) is 6.25. The Morgan fingerprint density at radius 1 is 1.00 bits per heavy atom. The summed E-state index contributed by atoms with van der Waals surface area (Å²) in [4.78, 5) is 40.0. The highest BCUT2D eigenvalue weighted by Gasteiger charge is 2.61. The molecule has 0 radical (unpaired) electrons. The van der Waals surface area contributed by atoms with E-state index >= 15 is 0 Å². The molecule has 1 unspecified atom stereocenters. The molecule has 9 atom stereocenters. The number of nitrogens with zero attached hydrogens (tertiary/aromatic N) is 1. The number of aryl methyl sites for hydroxylation is 1. The smallest absolute Gasteiger partial charge is 0.220 e. The van der Waals surface area contributed by atoms with Crippen LogP contribution >= 0.6 is 0 Å². The van der Waals surface area contributed by atoms with Crippen LogP contribution in [0, 0.1) is 35.0 Å². The van der Waals surface area contributed by atoms with Crippen molar-refractivity contribution in [2.45, 2.75) is 135 Å². The van der Waals surface area contributed by atoms with Crippen molar-refractivity contribution in [3.05, 3.63) is 58.7 Å². The zero-order chi connectivity index (χ0) is 35.8. The van der Waals surface area contributed by atoms with Gasteiger partial charge in [0, 0.05) is 63.8 Å². The fourth-order valence-corrected chi connectivity index (χ4v) is 11.8. The minimum absolute atomic E-state index is 0.0962. The van der Waals surface area contributed by atoms with Crippen molar-refractivity contribution in [1.82, 2.24) is 15.5 Å². The van der Waals surface area contributed by atoms with Gasteiger partial charge in [0.1, 0.15) is 5.78 Å². The van der Waals surface area contributed by atoms with Crippen LogP contribution in [0.2, 0.25) is 0 Å². The van der Waals surface area contributed by atoms with E-state index in [1.807, 2.05) is 18.2 Å². The lowest BCUT2D eigenvalue weighted by molar-refractivity contribution is -0.122. The number of allylic oxidation sites excluding steroid dienone is 3. The van der Waals surface area contributed by atoms with Crippen LogP contribution in [0.1, 0.15) is 117 Å². The number of amides is 2. The molecule has 4 aliphatic carbocycles. The zero-order valence-electron chi connectivity index (χ0n) is 31.8. The summed E-state index contributed by atoms with van der Waals surface area (Å²) >= 11 is 0. The predicted molar refractivity (Wildman–Crippen MR) is 202 cm³/mol. The Bertz CT molecular complexity index is 1520. The van der Waals surface area contributed by atoms with Crippen molar-refractivity contribution in [2.75, 3.05) is 26.2 Å². The first-order chi connectivity index (χ1) is 24.6. The zero-order valence-corrected chi connectivity index (χ0v) is 31.8. The molecular weight excluding hydrogens is 635 g/mol. The summed E-state index contributed by atoms with van der Waals surface area (Å²) < 4.78 is 7.32. The van der Waals surface area contributed by atoms with Crippen LogP contribution in [0.25, 0.3) is 0 Å². The first-order valence-electron chi connectivity index (χ1n) is 20.5. The van der Waals surface area contributed by atoms with Gasteiger partial charge >= 0.3 is 0 Å². The fraction of sp³-hybridized carbons (Fsp3) is 0.705. The van der Waals surface area contributed by atoms with E-state index in [0.29, 0.717) is 73.8 Å². The van der Waals surface area contributed by atoms with Crippen LogP contribution in [-0.2, 0) is 25.5 Å². The molecule has 7 rings (SSSR count). The standard InChI is InChI=1S/C44H63N3O4/c1-29-25-39-42(47(28-29)24-23-46-40(49)13-9-6-10-22-45-41(50)17-14-32-11-7-5-8-12-32)31(3)44(51-39)21-19-35-36-16-15-33-26-34(48)18-20-43(33,4)38(36)27-37(35)30(44)2/h5,7-8,11-12,15,29,31,35-36,38-39,42H,6,9-10,13-14,16-28H2,1-4H3,(H,45,50)(H,46,49)/t29-,31+,35-,36-,38-,39+,42-,43-,44?/m0/s1. The Hall–Kier alpha value is -2.77. The number of likely N-dealkylation sites (tertiary alicyclic amines) is 1. The number of fused-ring (bicyclic) bond motifs is 6. The van der Waals surface area contributed by atoms with Gasteiger partial charge in [0.15, 0.2) is 0 Å². The number of Topliss-reactive ketones (excluding diaryl/α,β-unsaturated/α-hetero) is 1. The van der Waals surface area contributed by atoms with Gasteiger partial charge in [0.2, 0.25) is 11.8 Å². The SMILES string of the molecule is CC1=C2C[C@H]3[C@@H](CC=C4CC(=O)CC[C@@]43C)[C@@H]2CCC12O[C@@H]1C[C@H](C)CN(CCNC(=O)CCCCCNC(=O)CCc3ccccc3)[C@H]1[C@H]2C. The molecule has 2 saturated heterocycles. The molecule has 2 N–H and O–H groups in total. The summed E-state index contributed by atoms with van der Waals surface area (Å²) in [6.07, 6.45) is 15.4. The molecule has 0 aromatic heterocycles. The van der Waals surface area contributed by atoms with Crippen LogP contribution in [0.5, 0.6) is 0 Å². The Kier molecular flexibility index (Phi) is 11.0. The maximum Gasteiger partial charge on any atom is 0.220 e. The van der Waals surface area contributed by atoms with Gasteiger partial charge in [-0.25, -0.2) is 0 Å². The van der Waals surface area contributed by atoms with Gasteiger partial charge in [0.25, 0.3) is 0 Å². The van der Waals surface area contributed by atoms with Crippen LogP contribution < -0.4 is 10.6 Å². The van der Waals surface area contributed by atoms with Gasteiger partial charge in [0.05, 0.1) is 11.7 Å². The van der Waals surface area contributed by atoms with Crippen molar-refractivity contribution < 1.29 is 19.1 Å². The number of benzene rings is 1. The molecular formula is C44H63N3O4. The van der Waals surface area contributed by atoms with Crippen molar-refractivity contribution in [3.63, 3.8) is 0 Å². The normalized spacial score (nSPS) is 35.9. The van der Waals surface area contributed by atoms with Gasteiger partial charge in [-0.1, -0.05) is 74.7 Å². The lowest BCUT2D eigenvalue weighted by atomic mass is 9.57. The lowest BCUT2D eigenvalue weighted by Gasteiger charge is -2.47. The summed E-state index contributed by atoms with van der Waals surface area (Å²) in [7, 11) is 0. The van der Waals surface area contributed by atoms with E-state index in [1.165, 1.54) is 24.0 Å². The van der Waals surface area contributed by atoms with E-state index < -0.39 is 0 Å². The van der Waals surface area contributed by atoms with Crippen molar-refractivity contribution in [1.29, 1.82) is 0 Å². The summed E-state index contributed by atoms with van der Waals surface area (Å²) in [6.45, 7) is 13.0. The van der Waals surface area contributed by atoms with Gasteiger partial charge in [-0.05, 0) is 105 Å².